The predicted molar refractivity (Wildman–Crippen MR) is 84.5 cm³/mol. The van der Waals surface area contributed by atoms with Crippen molar-refractivity contribution in [1.29, 1.82) is 0 Å². The monoisotopic (exact) mass is 297 g/mol. The van der Waals surface area contributed by atoms with Crippen LogP contribution in [0.5, 0.6) is 0 Å². The SMILES string of the molecule is C=CC(=O)N1CC[C@H]2CCN(c3ncnc4[nH]ccc34)[C@H]2C1. The number of nitrogens with zero attached hydrogens (tertiary/aromatic N) is 4. The predicted octanol–water partition coefficient (Wildman–Crippen LogP) is 1.57. The number of hydrogen-bond acceptors (Lipinski definition) is 4. The molecule has 2 aliphatic rings. The van der Waals surface area contributed by atoms with Crippen LogP contribution in [0.3, 0.4) is 0 Å². The summed E-state index contributed by atoms with van der Waals surface area (Å²) in [7, 11) is 0. The van der Waals surface area contributed by atoms with Crippen molar-refractivity contribution in [1.82, 2.24) is 19.9 Å². The van der Waals surface area contributed by atoms with Gasteiger partial charge in [0.1, 0.15) is 17.8 Å². The van der Waals surface area contributed by atoms with Crippen LogP contribution in [-0.2, 0) is 4.79 Å². The quantitative estimate of drug-likeness (QED) is 0.855. The van der Waals surface area contributed by atoms with E-state index in [4.69, 9.17) is 0 Å². The van der Waals surface area contributed by atoms with Crippen molar-refractivity contribution < 1.29 is 4.79 Å². The fourth-order valence-corrected chi connectivity index (χ4v) is 3.82. The van der Waals surface area contributed by atoms with Gasteiger partial charge in [0, 0.05) is 25.8 Å². The van der Waals surface area contributed by atoms with Crippen LogP contribution in [0.2, 0.25) is 0 Å². The Hall–Kier alpha value is -2.37. The zero-order valence-electron chi connectivity index (χ0n) is 12.4. The Morgan fingerprint density at radius 2 is 2.23 bits per heavy atom. The van der Waals surface area contributed by atoms with Crippen molar-refractivity contribution in [3.05, 3.63) is 31.2 Å². The summed E-state index contributed by atoms with van der Waals surface area (Å²) in [6.07, 6.45) is 7.13. The highest BCUT2D eigenvalue weighted by atomic mass is 16.2. The molecule has 0 spiro atoms. The normalized spacial score (nSPS) is 24.5. The Balaban J connectivity index is 1.66. The lowest BCUT2D eigenvalue weighted by Gasteiger charge is -2.38. The number of fused-ring (bicyclic) bond motifs is 2. The third-order valence-electron chi connectivity index (χ3n) is 4.95. The Morgan fingerprint density at radius 3 is 3.09 bits per heavy atom. The number of likely N-dealkylation sites (tertiary alicyclic amines) is 1. The lowest BCUT2D eigenvalue weighted by Crippen LogP contribution is -2.50. The Kier molecular flexibility index (Phi) is 3.10. The third-order valence-corrected chi connectivity index (χ3v) is 4.95. The minimum absolute atomic E-state index is 0.0276. The zero-order chi connectivity index (χ0) is 15.1. The van der Waals surface area contributed by atoms with E-state index in [1.165, 1.54) is 6.08 Å². The number of amides is 1. The lowest BCUT2D eigenvalue weighted by molar-refractivity contribution is -0.127. The van der Waals surface area contributed by atoms with Gasteiger partial charge in [-0.05, 0) is 30.9 Å². The highest BCUT2D eigenvalue weighted by Crippen LogP contribution is 2.36. The van der Waals surface area contributed by atoms with E-state index < -0.39 is 0 Å². The maximum atomic E-state index is 11.9. The van der Waals surface area contributed by atoms with E-state index in [9.17, 15) is 4.79 Å². The zero-order valence-corrected chi connectivity index (χ0v) is 12.4. The van der Waals surface area contributed by atoms with E-state index in [0.29, 0.717) is 12.0 Å². The number of carbonyl (C=O) groups is 1. The Bertz CT molecular complexity index is 724. The molecule has 4 rings (SSSR count). The van der Waals surface area contributed by atoms with Gasteiger partial charge in [-0.15, -0.1) is 0 Å². The van der Waals surface area contributed by atoms with Crippen molar-refractivity contribution in [2.75, 3.05) is 24.5 Å². The maximum Gasteiger partial charge on any atom is 0.246 e. The van der Waals surface area contributed by atoms with Gasteiger partial charge in [0.2, 0.25) is 5.91 Å². The van der Waals surface area contributed by atoms with Gasteiger partial charge in [-0.1, -0.05) is 6.58 Å². The molecule has 0 radical (unpaired) electrons. The van der Waals surface area contributed by atoms with Crippen LogP contribution in [0.1, 0.15) is 12.8 Å². The summed E-state index contributed by atoms with van der Waals surface area (Å²) in [5.41, 5.74) is 0.864. The number of aromatic amines is 1. The van der Waals surface area contributed by atoms with E-state index in [0.717, 1.165) is 49.3 Å². The molecule has 1 amide bonds. The molecule has 2 saturated heterocycles. The first-order chi connectivity index (χ1) is 10.8. The second kappa shape index (κ2) is 5.12. The summed E-state index contributed by atoms with van der Waals surface area (Å²) in [5, 5.41) is 1.05. The van der Waals surface area contributed by atoms with E-state index in [1.54, 1.807) is 6.33 Å². The lowest BCUT2D eigenvalue weighted by atomic mass is 9.92. The van der Waals surface area contributed by atoms with Crippen molar-refractivity contribution in [2.24, 2.45) is 5.92 Å². The van der Waals surface area contributed by atoms with Crippen LogP contribution in [0, 0.1) is 5.92 Å². The van der Waals surface area contributed by atoms with Crippen LogP contribution >= 0.6 is 0 Å². The molecule has 0 bridgehead atoms. The summed E-state index contributed by atoms with van der Waals surface area (Å²) in [6, 6.07) is 2.36. The van der Waals surface area contributed by atoms with Gasteiger partial charge in [0.15, 0.2) is 0 Å². The first kappa shape index (κ1) is 13.3. The molecule has 6 nitrogen and oxygen atoms in total. The summed E-state index contributed by atoms with van der Waals surface area (Å²) < 4.78 is 0. The Labute approximate surface area is 128 Å². The largest absolute Gasteiger partial charge is 0.351 e. The fraction of sp³-hybridized carbons (Fsp3) is 0.438. The third kappa shape index (κ3) is 1.98. The second-order valence-electron chi connectivity index (χ2n) is 6.02. The molecule has 1 N–H and O–H groups in total. The maximum absolute atomic E-state index is 11.9. The molecular formula is C16H19N5O. The van der Waals surface area contributed by atoms with E-state index in [1.807, 2.05) is 17.2 Å². The summed E-state index contributed by atoms with van der Waals surface area (Å²) in [5.74, 6) is 1.64. The molecule has 2 atom stereocenters. The topological polar surface area (TPSA) is 65.1 Å². The molecule has 2 aromatic heterocycles. The van der Waals surface area contributed by atoms with Gasteiger partial charge in [-0.2, -0.15) is 0 Å². The Morgan fingerprint density at radius 1 is 1.36 bits per heavy atom. The number of carbonyl (C=O) groups excluding carboxylic acids is 1. The average Bonchev–Trinajstić information content (AvgIpc) is 3.19. The van der Waals surface area contributed by atoms with E-state index in [-0.39, 0.29) is 5.91 Å². The number of rotatable bonds is 2. The number of aromatic nitrogens is 3. The number of piperidine rings is 1. The van der Waals surface area contributed by atoms with Crippen LogP contribution in [0.4, 0.5) is 5.82 Å². The highest BCUT2D eigenvalue weighted by Gasteiger charge is 2.40. The molecule has 0 unspecified atom stereocenters. The second-order valence-corrected chi connectivity index (χ2v) is 6.02. The fourth-order valence-electron chi connectivity index (χ4n) is 3.82. The van der Waals surface area contributed by atoms with E-state index in [2.05, 4.69) is 26.4 Å². The van der Waals surface area contributed by atoms with Gasteiger partial charge in [0.05, 0.1) is 11.4 Å². The molecule has 6 heteroatoms. The van der Waals surface area contributed by atoms with Gasteiger partial charge in [-0.25, -0.2) is 9.97 Å². The minimum atomic E-state index is 0.0276. The van der Waals surface area contributed by atoms with Gasteiger partial charge >= 0.3 is 0 Å². The van der Waals surface area contributed by atoms with Crippen molar-refractivity contribution in [2.45, 2.75) is 18.9 Å². The first-order valence-corrected chi connectivity index (χ1v) is 7.74. The molecule has 0 aromatic carbocycles. The molecule has 2 fully saturated rings. The van der Waals surface area contributed by atoms with Crippen LogP contribution in [-0.4, -0.2) is 51.4 Å². The minimum Gasteiger partial charge on any atom is -0.351 e. The number of H-pyrrole nitrogens is 1. The van der Waals surface area contributed by atoms with E-state index >= 15 is 0 Å². The highest BCUT2D eigenvalue weighted by molar-refractivity contribution is 5.88. The van der Waals surface area contributed by atoms with Crippen molar-refractivity contribution in [3.8, 4) is 0 Å². The first-order valence-electron chi connectivity index (χ1n) is 7.74. The van der Waals surface area contributed by atoms with Crippen molar-refractivity contribution >= 4 is 22.8 Å². The molecule has 22 heavy (non-hydrogen) atoms. The summed E-state index contributed by atoms with van der Waals surface area (Å²) in [6.45, 7) is 6.18. The summed E-state index contributed by atoms with van der Waals surface area (Å²) in [4.78, 5) is 28.1. The molecule has 4 heterocycles. The smallest absolute Gasteiger partial charge is 0.246 e. The number of hydrogen-bond donors (Lipinski definition) is 1. The molecule has 2 aromatic rings. The molecular weight excluding hydrogens is 278 g/mol. The molecule has 114 valence electrons. The number of nitrogens with one attached hydrogen (secondary N) is 1. The summed E-state index contributed by atoms with van der Waals surface area (Å²) >= 11 is 0. The van der Waals surface area contributed by atoms with Gasteiger partial charge in [-0.3, -0.25) is 4.79 Å². The molecule has 0 aliphatic carbocycles. The standard InChI is InChI=1S/C16H19N5O/c1-2-14(22)20-7-4-11-5-8-21(13(11)9-20)16-12-3-6-17-15(12)18-10-19-16/h2-3,6,10-11,13H,1,4-5,7-9H2,(H,17,18,19)/t11-,13-/m0/s1. The van der Waals surface area contributed by atoms with Gasteiger partial charge in [0.25, 0.3) is 0 Å². The van der Waals surface area contributed by atoms with Gasteiger partial charge < -0.3 is 14.8 Å². The number of anilines is 1. The van der Waals surface area contributed by atoms with Crippen LogP contribution in [0.25, 0.3) is 11.0 Å². The molecule has 2 aliphatic heterocycles. The molecule has 0 saturated carbocycles. The van der Waals surface area contributed by atoms with Crippen molar-refractivity contribution in [3.63, 3.8) is 0 Å². The average molecular weight is 297 g/mol. The van der Waals surface area contributed by atoms with Crippen LogP contribution in [0.15, 0.2) is 31.2 Å². The van der Waals surface area contributed by atoms with Crippen LogP contribution < -0.4 is 4.90 Å².